The molecule has 4 heteroatoms. The number of hydrogen-bond acceptors (Lipinski definition) is 4. The molecule has 1 saturated heterocycles. The van der Waals surface area contributed by atoms with Gasteiger partial charge in [0.25, 0.3) is 0 Å². The predicted octanol–water partition coefficient (Wildman–Crippen LogP) is 1.34. The minimum absolute atomic E-state index is 0.390. The molecule has 0 radical (unpaired) electrons. The van der Waals surface area contributed by atoms with E-state index in [1.54, 1.807) is 0 Å². The zero-order valence-electron chi connectivity index (χ0n) is 9.67. The van der Waals surface area contributed by atoms with E-state index < -0.39 is 0 Å². The van der Waals surface area contributed by atoms with Gasteiger partial charge in [-0.3, -0.25) is 0 Å². The molecule has 16 heavy (non-hydrogen) atoms. The van der Waals surface area contributed by atoms with E-state index in [2.05, 4.69) is 21.7 Å². The molecule has 2 heterocycles. The van der Waals surface area contributed by atoms with Crippen LogP contribution in [-0.2, 0) is 0 Å². The summed E-state index contributed by atoms with van der Waals surface area (Å²) in [5, 5.41) is 15.8. The summed E-state index contributed by atoms with van der Waals surface area (Å²) >= 11 is 0. The van der Waals surface area contributed by atoms with Crippen molar-refractivity contribution in [1.29, 1.82) is 5.26 Å². The largest absolute Gasteiger partial charge is 0.365 e. The number of rotatable bonds is 2. The van der Waals surface area contributed by atoms with E-state index in [9.17, 15) is 0 Å². The van der Waals surface area contributed by atoms with Crippen LogP contribution in [-0.4, -0.2) is 24.1 Å². The summed E-state index contributed by atoms with van der Waals surface area (Å²) in [6.45, 7) is 5.88. The summed E-state index contributed by atoms with van der Waals surface area (Å²) in [6, 6.07) is 4.55. The number of nitrogens with one attached hydrogen (secondary N) is 2. The van der Waals surface area contributed by atoms with Gasteiger partial charge in [-0.25, -0.2) is 4.98 Å². The maximum absolute atomic E-state index is 9.12. The lowest BCUT2D eigenvalue weighted by molar-refractivity contribution is 0.786. The fraction of sp³-hybridized carbons (Fsp3) is 0.500. The summed E-state index contributed by atoms with van der Waals surface area (Å²) in [6.07, 6.45) is 1.08. The second-order valence-electron chi connectivity index (χ2n) is 4.25. The van der Waals surface area contributed by atoms with Gasteiger partial charge in [0.05, 0.1) is 5.56 Å². The zero-order chi connectivity index (χ0) is 11.5. The molecule has 2 rings (SSSR count). The highest BCUT2D eigenvalue weighted by molar-refractivity contribution is 5.56. The Morgan fingerprint density at radius 3 is 3.00 bits per heavy atom. The number of aromatic nitrogens is 1. The van der Waals surface area contributed by atoms with Crippen LogP contribution in [0.2, 0.25) is 0 Å². The van der Waals surface area contributed by atoms with Gasteiger partial charge in [-0.1, -0.05) is 0 Å². The minimum atomic E-state index is 0.390. The Balaban J connectivity index is 2.28. The molecule has 0 amide bonds. The number of aryl methyl sites for hydroxylation is 2. The van der Waals surface area contributed by atoms with Crippen molar-refractivity contribution in [3.05, 3.63) is 22.9 Å². The molecule has 0 aliphatic carbocycles. The highest BCUT2D eigenvalue weighted by atomic mass is 15.1. The van der Waals surface area contributed by atoms with Crippen LogP contribution in [0.3, 0.4) is 0 Å². The van der Waals surface area contributed by atoms with Crippen molar-refractivity contribution in [2.45, 2.75) is 26.3 Å². The van der Waals surface area contributed by atoms with E-state index in [0.29, 0.717) is 11.6 Å². The summed E-state index contributed by atoms with van der Waals surface area (Å²) in [4.78, 5) is 4.41. The molecule has 1 atom stereocenters. The minimum Gasteiger partial charge on any atom is -0.365 e. The summed E-state index contributed by atoms with van der Waals surface area (Å²) in [5.74, 6) is 0.730. The molecule has 0 saturated carbocycles. The first-order valence-electron chi connectivity index (χ1n) is 5.56. The van der Waals surface area contributed by atoms with Crippen molar-refractivity contribution < 1.29 is 0 Å². The Bertz CT molecular complexity index is 427. The Kier molecular flexibility index (Phi) is 3.07. The van der Waals surface area contributed by atoms with E-state index in [1.807, 2.05) is 19.9 Å². The lowest BCUT2D eigenvalue weighted by Crippen LogP contribution is -2.23. The van der Waals surface area contributed by atoms with Gasteiger partial charge in [0.2, 0.25) is 0 Å². The molecule has 1 aromatic heterocycles. The number of pyridine rings is 1. The highest BCUT2D eigenvalue weighted by Crippen LogP contribution is 2.19. The number of anilines is 1. The first-order valence-corrected chi connectivity index (χ1v) is 5.56. The smallest absolute Gasteiger partial charge is 0.144 e. The first kappa shape index (κ1) is 10.9. The summed E-state index contributed by atoms with van der Waals surface area (Å²) < 4.78 is 0. The zero-order valence-corrected chi connectivity index (χ0v) is 9.67. The van der Waals surface area contributed by atoms with E-state index in [-0.39, 0.29) is 0 Å². The van der Waals surface area contributed by atoms with Crippen LogP contribution in [0.5, 0.6) is 0 Å². The summed E-state index contributed by atoms with van der Waals surface area (Å²) in [7, 11) is 0. The van der Waals surface area contributed by atoms with Crippen molar-refractivity contribution in [2.24, 2.45) is 0 Å². The van der Waals surface area contributed by atoms with Gasteiger partial charge < -0.3 is 10.6 Å². The second-order valence-corrected chi connectivity index (χ2v) is 4.25. The SMILES string of the molecule is Cc1cc(C)c(C#N)c(NC2CCNC2)n1. The third-order valence-corrected chi connectivity index (χ3v) is 2.86. The highest BCUT2D eigenvalue weighted by Gasteiger charge is 2.17. The number of hydrogen-bond donors (Lipinski definition) is 2. The van der Waals surface area contributed by atoms with Crippen LogP contribution in [0.1, 0.15) is 23.2 Å². The van der Waals surface area contributed by atoms with Crippen LogP contribution < -0.4 is 10.6 Å². The van der Waals surface area contributed by atoms with E-state index >= 15 is 0 Å². The number of nitrogens with zero attached hydrogens (tertiary/aromatic N) is 2. The molecular formula is C12H16N4. The van der Waals surface area contributed by atoms with Crippen molar-refractivity contribution in [3.63, 3.8) is 0 Å². The van der Waals surface area contributed by atoms with Gasteiger partial charge in [-0.15, -0.1) is 0 Å². The Labute approximate surface area is 95.7 Å². The Morgan fingerprint density at radius 2 is 2.38 bits per heavy atom. The van der Waals surface area contributed by atoms with Crippen molar-refractivity contribution in [3.8, 4) is 6.07 Å². The molecule has 2 N–H and O–H groups in total. The Hall–Kier alpha value is -1.60. The predicted molar refractivity (Wildman–Crippen MR) is 63.3 cm³/mol. The van der Waals surface area contributed by atoms with Crippen molar-refractivity contribution >= 4 is 5.82 Å². The quantitative estimate of drug-likeness (QED) is 0.783. The molecule has 1 fully saturated rings. The average Bonchev–Trinajstić information content (AvgIpc) is 2.70. The lowest BCUT2D eigenvalue weighted by atomic mass is 10.1. The molecule has 1 aliphatic rings. The number of nitriles is 1. The maximum atomic E-state index is 9.12. The monoisotopic (exact) mass is 216 g/mol. The molecule has 4 nitrogen and oxygen atoms in total. The fourth-order valence-corrected chi connectivity index (χ4v) is 2.05. The second kappa shape index (κ2) is 4.50. The van der Waals surface area contributed by atoms with Gasteiger partial charge in [0, 0.05) is 18.3 Å². The standard InChI is InChI=1S/C12H16N4/c1-8-5-9(2)15-12(11(8)6-13)16-10-3-4-14-7-10/h5,10,14H,3-4,7H2,1-2H3,(H,15,16). The first-order chi connectivity index (χ1) is 7.70. The van der Waals surface area contributed by atoms with Crippen LogP contribution in [0.25, 0.3) is 0 Å². The molecular weight excluding hydrogens is 200 g/mol. The molecule has 1 unspecified atom stereocenters. The lowest BCUT2D eigenvalue weighted by Gasteiger charge is -2.14. The van der Waals surface area contributed by atoms with E-state index in [0.717, 1.165) is 36.6 Å². The van der Waals surface area contributed by atoms with Crippen LogP contribution in [0, 0.1) is 25.2 Å². The van der Waals surface area contributed by atoms with Crippen LogP contribution in [0.4, 0.5) is 5.82 Å². The molecule has 1 aliphatic heterocycles. The average molecular weight is 216 g/mol. The summed E-state index contributed by atoms with van der Waals surface area (Å²) in [5.41, 5.74) is 2.60. The normalized spacial score (nSPS) is 19.4. The van der Waals surface area contributed by atoms with Crippen molar-refractivity contribution in [2.75, 3.05) is 18.4 Å². The fourth-order valence-electron chi connectivity index (χ4n) is 2.05. The Morgan fingerprint density at radius 1 is 1.56 bits per heavy atom. The third-order valence-electron chi connectivity index (χ3n) is 2.86. The van der Waals surface area contributed by atoms with E-state index in [1.165, 1.54) is 0 Å². The van der Waals surface area contributed by atoms with Gasteiger partial charge in [0.15, 0.2) is 0 Å². The van der Waals surface area contributed by atoms with Crippen LogP contribution >= 0.6 is 0 Å². The topological polar surface area (TPSA) is 60.7 Å². The van der Waals surface area contributed by atoms with Gasteiger partial charge in [-0.05, 0) is 38.4 Å². The van der Waals surface area contributed by atoms with Gasteiger partial charge >= 0.3 is 0 Å². The molecule has 0 aromatic carbocycles. The molecule has 0 spiro atoms. The van der Waals surface area contributed by atoms with Gasteiger partial charge in [0.1, 0.15) is 11.9 Å². The maximum Gasteiger partial charge on any atom is 0.144 e. The molecule has 84 valence electrons. The van der Waals surface area contributed by atoms with Gasteiger partial charge in [-0.2, -0.15) is 5.26 Å². The molecule has 1 aromatic rings. The molecule has 0 bridgehead atoms. The van der Waals surface area contributed by atoms with Crippen LogP contribution in [0.15, 0.2) is 6.07 Å². The van der Waals surface area contributed by atoms with E-state index in [4.69, 9.17) is 5.26 Å². The third kappa shape index (κ3) is 2.15. The van der Waals surface area contributed by atoms with Crippen molar-refractivity contribution in [1.82, 2.24) is 10.3 Å².